The molecule has 1 fully saturated rings. The van der Waals surface area contributed by atoms with E-state index in [0.717, 1.165) is 37.2 Å². The van der Waals surface area contributed by atoms with Crippen LogP contribution in [-0.2, 0) is 0 Å². The molecule has 26 heavy (non-hydrogen) atoms. The van der Waals surface area contributed by atoms with Crippen molar-refractivity contribution >= 4 is 17.0 Å². The van der Waals surface area contributed by atoms with Gasteiger partial charge in [-0.3, -0.25) is 0 Å². The molecule has 1 aliphatic heterocycles. The molecule has 3 aromatic rings. The number of likely N-dealkylation sites (tertiary alicyclic amines) is 1. The van der Waals surface area contributed by atoms with Crippen LogP contribution in [0.25, 0.3) is 17.1 Å². The number of rotatable bonds is 4. The fraction of sp³-hybridized carbons (Fsp3) is 0.300. The summed E-state index contributed by atoms with van der Waals surface area (Å²) in [4.78, 5) is 8.11. The minimum absolute atomic E-state index is 0.183. The second-order valence-electron chi connectivity index (χ2n) is 6.63. The number of piperidine rings is 1. The van der Waals surface area contributed by atoms with Crippen molar-refractivity contribution in [3.8, 4) is 11.4 Å². The largest absolute Gasteiger partial charge is 0.370 e. The average Bonchev–Trinajstić information content (AvgIpc) is 3.31. The van der Waals surface area contributed by atoms with Gasteiger partial charge in [-0.15, -0.1) is 11.3 Å². The first-order chi connectivity index (χ1) is 12.6. The number of aryl methyl sites for hydroxylation is 1. The lowest BCUT2D eigenvalue weighted by Crippen LogP contribution is -2.32. The Labute approximate surface area is 156 Å². The molecule has 0 amide bonds. The number of halogens is 1. The highest BCUT2D eigenvalue weighted by Crippen LogP contribution is 2.33. The molecule has 0 unspecified atom stereocenters. The summed E-state index contributed by atoms with van der Waals surface area (Å²) in [6.07, 6.45) is 2.07. The molecule has 2 aromatic heterocycles. The molecule has 4 rings (SSSR count). The average molecular weight is 369 g/mol. The molecule has 134 valence electrons. The highest BCUT2D eigenvalue weighted by molar-refractivity contribution is 7.11. The second-order valence-corrected chi connectivity index (χ2v) is 7.54. The van der Waals surface area contributed by atoms with Crippen LogP contribution in [0.15, 0.2) is 46.8 Å². The molecule has 1 aliphatic rings. The first kappa shape index (κ1) is 17.0. The Balaban J connectivity index is 1.51. The fourth-order valence-corrected chi connectivity index (χ4v) is 4.28. The molecule has 0 saturated carbocycles. The van der Waals surface area contributed by atoms with E-state index in [1.165, 1.54) is 22.6 Å². The highest BCUT2D eigenvalue weighted by atomic mass is 32.1. The summed E-state index contributed by atoms with van der Waals surface area (Å²) in [7, 11) is 0. The van der Waals surface area contributed by atoms with E-state index in [9.17, 15) is 4.39 Å². The van der Waals surface area contributed by atoms with E-state index >= 15 is 0 Å². The monoisotopic (exact) mass is 369 g/mol. The molecule has 1 aromatic carbocycles. The smallest absolute Gasteiger partial charge is 0.231 e. The van der Waals surface area contributed by atoms with E-state index in [0.29, 0.717) is 11.7 Å². The molecular formula is C20H20FN3OS. The van der Waals surface area contributed by atoms with E-state index in [1.54, 1.807) is 23.5 Å². The lowest BCUT2D eigenvalue weighted by Gasteiger charge is -2.34. The Hall–Kier alpha value is -2.47. The molecule has 6 heteroatoms. The molecule has 4 nitrogen and oxygen atoms in total. The molecule has 0 N–H and O–H groups in total. The van der Waals surface area contributed by atoms with E-state index in [4.69, 9.17) is 4.52 Å². The van der Waals surface area contributed by atoms with Crippen molar-refractivity contribution in [1.82, 2.24) is 15.0 Å². The number of nitrogens with zero attached hydrogens (tertiary/aromatic N) is 3. The van der Waals surface area contributed by atoms with Gasteiger partial charge in [-0.1, -0.05) is 11.7 Å². The molecule has 0 bridgehead atoms. The maximum Gasteiger partial charge on any atom is 0.231 e. The van der Waals surface area contributed by atoms with E-state index in [-0.39, 0.29) is 11.7 Å². The van der Waals surface area contributed by atoms with Gasteiger partial charge in [0.2, 0.25) is 11.7 Å². The summed E-state index contributed by atoms with van der Waals surface area (Å²) >= 11 is 1.73. The maximum absolute atomic E-state index is 13.1. The summed E-state index contributed by atoms with van der Waals surface area (Å²) < 4.78 is 18.6. The van der Waals surface area contributed by atoms with Crippen LogP contribution in [0.5, 0.6) is 0 Å². The first-order valence-electron chi connectivity index (χ1n) is 8.69. The zero-order valence-corrected chi connectivity index (χ0v) is 15.4. The SMILES string of the molecule is C=C(c1sccc1C)N1CCC[C@H](c2nc(-c3ccc(F)cc3)no2)C1. The lowest BCUT2D eigenvalue weighted by atomic mass is 9.97. The van der Waals surface area contributed by atoms with Gasteiger partial charge in [-0.25, -0.2) is 4.39 Å². The van der Waals surface area contributed by atoms with Crippen LogP contribution in [0.2, 0.25) is 0 Å². The Kier molecular flexibility index (Phi) is 4.59. The second kappa shape index (κ2) is 7.03. The maximum atomic E-state index is 13.1. The molecule has 1 saturated heterocycles. The molecule has 0 spiro atoms. The van der Waals surface area contributed by atoms with Gasteiger partial charge in [0, 0.05) is 24.4 Å². The lowest BCUT2D eigenvalue weighted by molar-refractivity contribution is 0.251. The minimum Gasteiger partial charge on any atom is -0.370 e. The van der Waals surface area contributed by atoms with Crippen molar-refractivity contribution in [3.63, 3.8) is 0 Å². The standard InChI is InChI=1S/C20H20FN3OS/c1-13-9-11-26-18(13)14(2)24-10-3-4-16(12-24)20-22-19(23-25-20)15-5-7-17(21)8-6-15/h5-9,11,16H,2-4,10,12H2,1H3/t16-/m0/s1. The van der Waals surface area contributed by atoms with Crippen LogP contribution in [0.1, 0.15) is 35.1 Å². The van der Waals surface area contributed by atoms with Crippen molar-refractivity contribution in [2.75, 3.05) is 13.1 Å². The topological polar surface area (TPSA) is 42.2 Å². The van der Waals surface area contributed by atoms with Crippen molar-refractivity contribution in [2.45, 2.75) is 25.7 Å². The van der Waals surface area contributed by atoms with Crippen LogP contribution >= 0.6 is 11.3 Å². The molecule has 0 radical (unpaired) electrons. The van der Waals surface area contributed by atoms with Crippen molar-refractivity contribution in [2.24, 2.45) is 0 Å². The number of thiophene rings is 1. The fourth-order valence-electron chi connectivity index (χ4n) is 3.35. The number of hydrogen-bond acceptors (Lipinski definition) is 5. The van der Waals surface area contributed by atoms with E-state index < -0.39 is 0 Å². The third kappa shape index (κ3) is 3.29. The Morgan fingerprint density at radius 1 is 1.31 bits per heavy atom. The van der Waals surface area contributed by atoms with Gasteiger partial charge in [0.25, 0.3) is 0 Å². The molecule has 1 atom stereocenters. The van der Waals surface area contributed by atoms with Crippen LogP contribution < -0.4 is 0 Å². The van der Waals surface area contributed by atoms with Crippen molar-refractivity contribution < 1.29 is 8.91 Å². The van der Waals surface area contributed by atoms with Gasteiger partial charge in [0.1, 0.15) is 5.82 Å². The summed E-state index contributed by atoms with van der Waals surface area (Å²) in [5.74, 6) is 1.06. The molecular weight excluding hydrogens is 349 g/mol. The summed E-state index contributed by atoms with van der Waals surface area (Å²) in [6, 6.07) is 8.26. The van der Waals surface area contributed by atoms with Crippen LogP contribution in [0.4, 0.5) is 4.39 Å². The molecule has 0 aliphatic carbocycles. The third-order valence-corrected chi connectivity index (χ3v) is 5.89. The van der Waals surface area contributed by atoms with Gasteiger partial charge in [0.05, 0.1) is 10.8 Å². The van der Waals surface area contributed by atoms with Crippen molar-refractivity contribution in [3.05, 3.63) is 64.4 Å². The van der Waals surface area contributed by atoms with Gasteiger partial charge < -0.3 is 9.42 Å². The van der Waals surface area contributed by atoms with Crippen molar-refractivity contribution in [1.29, 1.82) is 0 Å². The predicted octanol–water partition coefficient (Wildman–Crippen LogP) is 5.10. The van der Waals surface area contributed by atoms with Gasteiger partial charge in [-0.2, -0.15) is 4.98 Å². The summed E-state index contributed by atoms with van der Waals surface area (Å²) in [5.41, 5.74) is 3.09. The molecule has 3 heterocycles. The number of hydrogen-bond donors (Lipinski definition) is 0. The van der Waals surface area contributed by atoms with Gasteiger partial charge >= 0.3 is 0 Å². The highest BCUT2D eigenvalue weighted by Gasteiger charge is 2.27. The first-order valence-corrected chi connectivity index (χ1v) is 9.57. The van der Waals surface area contributed by atoms with E-state index in [2.05, 4.69) is 40.0 Å². The minimum atomic E-state index is -0.275. The summed E-state index contributed by atoms with van der Waals surface area (Å²) in [5, 5.41) is 6.18. The number of aromatic nitrogens is 2. The Morgan fingerprint density at radius 3 is 2.85 bits per heavy atom. The number of benzene rings is 1. The summed E-state index contributed by atoms with van der Waals surface area (Å²) in [6.45, 7) is 8.23. The normalized spacial score (nSPS) is 17.5. The third-order valence-electron chi connectivity index (χ3n) is 4.82. The Bertz CT molecular complexity index is 915. The van der Waals surface area contributed by atoms with Gasteiger partial charge in [-0.05, 0) is 61.0 Å². The van der Waals surface area contributed by atoms with E-state index in [1.807, 2.05) is 0 Å². The quantitative estimate of drug-likeness (QED) is 0.642. The predicted molar refractivity (Wildman–Crippen MR) is 101 cm³/mol. The van der Waals surface area contributed by atoms with Gasteiger partial charge in [0.15, 0.2) is 0 Å². The van der Waals surface area contributed by atoms with Crippen LogP contribution in [0, 0.1) is 12.7 Å². The Morgan fingerprint density at radius 2 is 2.12 bits per heavy atom. The van der Waals surface area contributed by atoms with Crippen LogP contribution in [0.3, 0.4) is 0 Å². The van der Waals surface area contributed by atoms with Crippen LogP contribution in [-0.4, -0.2) is 28.1 Å². The zero-order valence-electron chi connectivity index (χ0n) is 14.6. The zero-order chi connectivity index (χ0) is 18.1.